The Kier molecular flexibility index (Phi) is 10.9. The van der Waals surface area contributed by atoms with Crippen LogP contribution < -0.4 is 10.6 Å². The summed E-state index contributed by atoms with van der Waals surface area (Å²) in [4.78, 5) is 36.9. The van der Waals surface area contributed by atoms with Crippen LogP contribution in [0.4, 0.5) is 4.79 Å². The van der Waals surface area contributed by atoms with E-state index >= 15 is 0 Å². The predicted molar refractivity (Wildman–Crippen MR) is 163 cm³/mol. The molecule has 5 N–H and O–H groups in total. The second-order valence-corrected chi connectivity index (χ2v) is 12.5. The van der Waals surface area contributed by atoms with E-state index < -0.39 is 59.8 Å². The highest BCUT2D eigenvalue weighted by Crippen LogP contribution is 2.44. The number of nitrogens with one attached hydrogen (secondary N) is 2. The van der Waals surface area contributed by atoms with E-state index in [1.807, 2.05) is 48.5 Å². The quantitative estimate of drug-likeness (QED) is 0.209. The van der Waals surface area contributed by atoms with E-state index in [1.165, 1.54) is 0 Å². The average molecular weight is 629 g/mol. The van der Waals surface area contributed by atoms with Gasteiger partial charge < -0.3 is 44.9 Å². The Bertz CT molecular complexity index is 1320. The number of benzene rings is 2. The van der Waals surface area contributed by atoms with Gasteiger partial charge in [-0.2, -0.15) is 0 Å². The van der Waals surface area contributed by atoms with Gasteiger partial charge >= 0.3 is 12.1 Å². The van der Waals surface area contributed by atoms with Gasteiger partial charge in [0.25, 0.3) is 0 Å². The molecule has 12 heteroatoms. The minimum atomic E-state index is -1.35. The first-order valence-corrected chi connectivity index (χ1v) is 15.1. The van der Waals surface area contributed by atoms with Crippen LogP contribution in [-0.2, 0) is 28.5 Å². The first-order valence-electron chi connectivity index (χ1n) is 15.1. The van der Waals surface area contributed by atoms with Gasteiger partial charge in [0.15, 0.2) is 5.79 Å². The van der Waals surface area contributed by atoms with Gasteiger partial charge in [-0.05, 0) is 63.3 Å². The van der Waals surface area contributed by atoms with E-state index in [0.717, 1.165) is 22.3 Å². The van der Waals surface area contributed by atoms with Crippen LogP contribution in [0.2, 0.25) is 0 Å². The molecule has 0 aromatic heterocycles. The van der Waals surface area contributed by atoms with Crippen LogP contribution >= 0.6 is 0 Å². The maximum absolute atomic E-state index is 12.6. The highest BCUT2D eigenvalue weighted by Gasteiger charge is 2.44. The largest absolute Gasteiger partial charge is 0.480 e. The molecule has 1 fully saturated rings. The molecule has 246 valence electrons. The lowest BCUT2D eigenvalue weighted by Crippen LogP contribution is -2.52. The Balaban J connectivity index is 1.20. The second-order valence-electron chi connectivity index (χ2n) is 12.5. The van der Waals surface area contributed by atoms with E-state index in [-0.39, 0.29) is 38.5 Å². The summed E-state index contributed by atoms with van der Waals surface area (Å²) < 4.78 is 22.6. The molecule has 45 heavy (non-hydrogen) atoms. The average Bonchev–Trinajstić information content (AvgIpc) is 3.52. The number of carboxylic acids is 1. The Hall–Kier alpha value is -3.55. The lowest BCUT2D eigenvalue weighted by atomic mass is 9.96. The summed E-state index contributed by atoms with van der Waals surface area (Å²) in [6.45, 7) is 8.50. The third-order valence-electron chi connectivity index (χ3n) is 8.23. The monoisotopic (exact) mass is 628 g/mol. The van der Waals surface area contributed by atoms with Crippen molar-refractivity contribution in [3.63, 3.8) is 0 Å². The molecule has 12 nitrogen and oxygen atoms in total. The normalized spacial score (nSPS) is 19.9. The molecule has 4 rings (SSSR count). The number of aliphatic hydroxyl groups excluding tert-OH is 2. The van der Waals surface area contributed by atoms with E-state index in [0.29, 0.717) is 0 Å². The summed E-state index contributed by atoms with van der Waals surface area (Å²) in [6, 6.07) is 14.4. The maximum Gasteiger partial charge on any atom is 0.407 e. The third-order valence-corrected chi connectivity index (χ3v) is 8.23. The van der Waals surface area contributed by atoms with Crippen LogP contribution in [-0.4, -0.2) is 94.9 Å². The van der Waals surface area contributed by atoms with Crippen molar-refractivity contribution in [1.29, 1.82) is 0 Å². The van der Waals surface area contributed by atoms with Crippen LogP contribution in [0, 0.1) is 0 Å². The first kappa shape index (κ1) is 34.3. The number of fused-ring (bicyclic) bond motifs is 3. The number of carboxylic acid groups (broad SMARTS) is 1. The van der Waals surface area contributed by atoms with Gasteiger partial charge in [-0.3, -0.25) is 4.79 Å². The molecule has 0 spiro atoms. The van der Waals surface area contributed by atoms with E-state index in [4.69, 9.17) is 18.9 Å². The molecule has 0 bridgehead atoms. The number of aliphatic hydroxyl groups is 2. The molecule has 0 radical (unpaired) electrons. The maximum atomic E-state index is 12.6. The number of rotatable bonds is 14. The molecule has 0 unspecified atom stereocenters. The summed E-state index contributed by atoms with van der Waals surface area (Å²) in [6.07, 6.45) is -4.84. The molecule has 2 amide bonds. The molecular formula is C33H44N2O10. The zero-order valence-corrected chi connectivity index (χ0v) is 26.3. The molecule has 1 saturated heterocycles. The summed E-state index contributed by atoms with van der Waals surface area (Å²) in [5, 5.41) is 35.9. The van der Waals surface area contributed by atoms with Gasteiger partial charge in [0.1, 0.15) is 24.9 Å². The molecule has 2 aromatic carbocycles. The topological polar surface area (TPSA) is 173 Å². The van der Waals surface area contributed by atoms with Crippen molar-refractivity contribution in [2.24, 2.45) is 0 Å². The van der Waals surface area contributed by atoms with Gasteiger partial charge in [0.2, 0.25) is 5.91 Å². The second kappa shape index (κ2) is 14.3. The lowest BCUT2D eigenvalue weighted by molar-refractivity contribution is -0.200. The summed E-state index contributed by atoms with van der Waals surface area (Å²) in [7, 11) is 0. The molecule has 2 aliphatic rings. The molecular weight excluding hydrogens is 584 g/mol. The highest BCUT2D eigenvalue weighted by molar-refractivity contribution is 5.82. The van der Waals surface area contributed by atoms with Crippen molar-refractivity contribution in [2.45, 2.75) is 95.2 Å². The summed E-state index contributed by atoms with van der Waals surface area (Å²) in [5.41, 5.74) is 3.10. The van der Waals surface area contributed by atoms with Crippen molar-refractivity contribution < 1.29 is 48.7 Å². The number of ether oxygens (including phenoxy) is 4. The molecule has 5 atom stereocenters. The molecule has 1 aliphatic heterocycles. The van der Waals surface area contributed by atoms with Gasteiger partial charge in [-0.1, -0.05) is 48.5 Å². The minimum Gasteiger partial charge on any atom is -0.480 e. The SMILES string of the molecule is C[C@H](OC(C)(C)[C@H](O)[C@H]1COC(C)(C)O1)[C@@H](O)CNC(=O)CC[C@H](NC(=O)OCC1c2ccccc2-c2ccccc21)C(=O)O. The van der Waals surface area contributed by atoms with Gasteiger partial charge in [0, 0.05) is 18.9 Å². The van der Waals surface area contributed by atoms with Crippen LogP contribution in [0.3, 0.4) is 0 Å². The Morgan fingerprint density at radius 3 is 2.20 bits per heavy atom. The van der Waals surface area contributed by atoms with Gasteiger partial charge in [-0.25, -0.2) is 9.59 Å². The first-order chi connectivity index (χ1) is 21.2. The Morgan fingerprint density at radius 2 is 1.64 bits per heavy atom. The smallest absolute Gasteiger partial charge is 0.407 e. The zero-order valence-electron chi connectivity index (χ0n) is 26.3. The van der Waals surface area contributed by atoms with E-state index in [2.05, 4.69) is 10.6 Å². The minimum absolute atomic E-state index is 0.0259. The van der Waals surface area contributed by atoms with Crippen molar-refractivity contribution in [2.75, 3.05) is 19.8 Å². The fourth-order valence-corrected chi connectivity index (χ4v) is 5.73. The number of alkyl carbamates (subject to hydrolysis) is 1. The summed E-state index contributed by atoms with van der Waals surface area (Å²) in [5.74, 6) is -2.82. The van der Waals surface area contributed by atoms with E-state index in [9.17, 15) is 29.7 Å². The van der Waals surface area contributed by atoms with E-state index in [1.54, 1.807) is 34.6 Å². The lowest BCUT2D eigenvalue weighted by Gasteiger charge is -2.37. The van der Waals surface area contributed by atoms with Crippen molar-refractivity contribution in [3.05, 3.63) is 59.7 Å². The number of carbonyl (C=O) groups is 3. The van der Waals surface area contributed by atoms with Gasteiger partial charge in [-0.15, -0.1) is 0 Å². The van der Waals surface area contributed by atoms with Crippen LogP contribution in [0.15, 0.2) is 48.5 Å². The van der Waals surface area contributed by atoms with Crippen LogP contribution in [0.1, 0.15) is 64.5 Å². The number of carbonyl (C=O) groups excluding carboxylic acids is 2. The Morgan fingerprint density at radius 1 is 1.04 bits per heavy atom. The standard InChI is InChI=1S/C33H44N2O10/c1-19(44-32(2,3)29(38)27-18-43-33(4,5)45-27)26(36)16-34-28(37)15-14-25(30(39)40)35-31(41)42-17-24-22-12-8-6-10-20(22)21-11-7-9-13-23(21)24/h6-13,19,24-27,29,36,38H,14-18H2,1-5H3,(H,34,37)(H,35,41)(H,39,40)/t19-,25-,26-,27+,29+/m0/s1. The number of amides is 2. The fraction of sp³-hybridized carbons (Fsp3) is 0.545. The number of hydrogen-bond donors (Lipinski definition) is 5. The molecule has 1 aliphatic carbocycles. The molecule has 0 saturated carbocycles. The van der Waals surface area contributed by atoms with Gasteiger partial charge in [0.05, 0.1) is 24.4 Å². The molecule has 1 heterocycles. The number of aliphatic carboxylic acids is 1. The van der Waals surface area contributed by atoms with Crippen molar-refractivity contribution in [3.8, 4) is 11.1 Å². The zero-order chi connectivity index (χ0) is 32.9. The van der Waals surface area contributed by atoms with Crippen molar-refractivity contribution >= 4 is 18.0 Å². The Labute approximate surface area is 263 Å². The predicted octanol–water partition coefficient (Wildman–Crippen LogP) is 2.93. The van der Waals surface area contributed by atoms with Crippen LogP contribution in [0.5, 0.6) is 0 Å². The highest BCUT2D eigenvalue weighted by atomic mass is 16.7. The summed E-state index contributed by atoms with van der Waals surface area (Å²) >= 11 is 0. The fourth-order valence-electron chi connectivity index (χ4n) is 5.73. The van der Waals surface area contributed by atoms with Crippen LogP contribution in [0.25, 0.3) is 11.1 Å². The van der Waals surface area contributed by atoms with Crippen molar-refractivity contribution in [1.82, 2.24) is 10.6 Å². The molecule has 2 aromatic rings. The number of hydrogen-bond acceptors (Lipinski definition) is 9. The third kappa shape index (κ3) is 8.59.